The van der Waals surface area contributed by atoms with Crippen LogP contribution in [0.15, 0.2) is 64.7 Å². The van der Waals surface area contributed by atoms with E-state index in [0.717, 1.165) is 54.5 Å². The third kappa shape index (κ3) is 7.25. The molecule has 2 aromatic rings. The third-order valence-electron chi connectivity index (χ3n) is 9.12. The van der Waals surface area contributed by atoms with Gasteiger partial charge in [-0.3, -0.25) is 14.5 Å². The molecule has 2 N–H and O–H groups in total. The Kier molecular flexibility index (Phi) is 10.6. The first-order valence-corrected chi connectivity index (χ1v) is 17.8. The molecule has 3 heterocycles. The van der Waals surface area contributed by atoms with Gasteiger partial charge in [-0.1, -0.05) is 49.6 Å². The Morgan fingerprint density at radius 3 is 2.71 bits per heavy atom. The number of unbranched alkanes of at least 4 members (excludes halogenated alkanes) is 2. The van der Waals surface area contributed by atoms with Crippen LogP contribution in [0.5, 0.6) is 11.5 Å². The molecule has 2 aliphatic heterocycles. The number of hydrogen-bond acceptors (Lipinski definition) is 7. The van der Waals surface area contributed by atoms with Gasteiger partial charge in [-0.15, -0.1) is 23.1 Å². The van der Waals surface area contributed by atoms with Crippen LogP contribution in [0.3, 0.4) is 0 Å². The molecule has 5 rings (SSSR count). The number of amides is 1. The number of phenolic OH excluding ortho intramolecular Hbond substituents is 1. The predicted molar refractivity (Wildman–Crippen MR) is 180 cm³/mol. The van der Waals surface area contributed by atoms with Gasteiger partial charge in [0.1, 0.15) is 29.6 Å². The molecule has 9 heteroatoms. The van der Waals surface area contributed by atoms with Crippen molar-refractivity contribution in [1.82, 2.24) is 4.90 Å². The summed E-state index contributed by atoms with van der Waals surface area (Å²) >= 11 is 2.99. The Labute approximate surface area is 274 Å². The van der Waals surface area contributed by atoms with Gasteiger partial charge in [0.05, 0.1) is 11.3 Å². The number of carbonyl (C=O) groups excluding carboxylic acids is 2. The summed E-state index contributed by atoms with van der Waals surface area (Å²) in [6, 6.07) is 7.63. The van der Waals surface area contributed by atoms with E-state index in [-0.39, 0.29) is 59.8 Å². The van der Waals surface area contributed by atoms with E-state index < -0.39 is 11.9 Å². The average Bonchev–Trinajstić information content (AvgIpc) is 3.51. The van der Waals surface area contributed by atoms with Gasteiger partial charge in [0.15, 0.2) is 0 Å². The standard InChI is InChI=1S/C36H43NO6S2/c1-5-6-7-9-23-15-30(39)32(28-14-22(4)11-12-27(28)21(2)3)31(16-23)43-19-24-20-45-35-29(34(40)37(35)33(24)36(41)42)18-25(38)17-26-10-8-13-44-26/h8,10,13-16,27-29,35,39H,2,5-7,9,11-12,17-20H2,1,3-4H3,(H,41,42)/t27-,28+,29+,35+/m0/s1. The minimum atomic E-state index is -1.18. The number of carboxylic acids is 1. The number of β-lactam (4-membered cyclic amide) rings is 1. The van der Waals surface area contributed by atoms with Crippen LogP contribution < -0.4 is 4.74 Å². The number of aryl methyl sites for hydroxylation is 1. The summed E-state index contributed by atoms with van der Waals surface area (Å²) in [6.45, 7) is 10.5. The van der Waals surface area contributed by atoms with Crippen molar-refractivity contribution in [3.8, 4) is 11.5 Å². The zero-order valence-electron chi connectivity index (χ0n) is 26.3. The molecular formula is C36H43NO6S2. The van der Waals surface area contributed by atoms with Gasteiger partial charge >= 0.3 is 5.97 Å². The highest BCUT2D eigenvalue weighted by Crippen LogP contribution is 2.48. The molecular weight excluding hydrogens is 607 g/mol. The van der Waals surface area contributed by atoms with Gasteiger partial charge < -0.3 is 14.9 Å². The second-order valence-corrected chi connectivity index (χ2v) is 14.7. The van der Waals surface area contributed by atoms with E-state index >= 15 is 0 Å². The van der Waals surface area contributed by atoms with Gasteiger partial charge in [0.25, 0.3) is 0 Å². The van der Waals surface area contributed by atoms with Crippen LogP contribution in [0.4, 0.5) is 0 Å². The number of ketones is 1. The summed E-state index contributed by atoms with van der Waals surface area (Å²) in [5.74, 6) is -0.922. The number of aliphatic carboxylic acids is 1. The minimum Gasteiger partial charge on any atom is -0.507 e. The van der Waals surface area contributed by atoms with Crippen LogP contribution in [-0.2, 0) is 27.2 Å². The Morgan fingerprint density at radius 2 is 2.02 bits per heavy atom. The molecule has 3 aliphatic rings. The fourth-order valence-corrected chi connectivity index (χ4v) is 8.90. The number of aromatic hydroxyl groups is 1. The van der Waals surface area contributed by atoms with E-state index in [2.05, 4.69) is 26.5 Å². The van der Waals surface area contributed by atoms with Crippen LogP contribution in [0.25, 0.3) is 0 Å². The van der Waals surface area contributed by atoms with E-state index in [0.29, 0.717) is 22.6 Å². The summed E-state index contributed by atoms with van der Waals surface area (Å²) in [5, 5.41) is 23.2. The van der Waals surface area contributed by atoms with Crippen molar-refractivity contribution in [2.75, 3.05) is 12.4 Å². The van der Waals surface area contributed by atoms with Crippen LogP contribution in [0.1, 0.15) is 81.2 Å². The number of thiophene rings is 1. The first kappa shape index (κ1) is 33.1. The normalized spacial score (nSPS) is 22.9. The molecule has 1 fully saturated rings. The molecule has 7 nitrogen and oxygen atoms in total. The molecule has 45 heavy (non-hydrogen) atoms. The van der Waals surface area contributed by atoms with Crippen molar-refractivity contribution in [3.05, 3.63) is 80.7 Å². The monoisotopic (exact) mass is 649 g/mol. The van der Waals surface area contributed by atoms with Gasteiger partial charge in [0.2, 0.25) is 5.91 Å². The number of allylic oxidation sites excluding steroid dienone is 3. The Balaban J connectivity index is 1.40. The van der Waals surface area contributed by atoms with Crippen molar-refractivity contribution in [3.63, 3.8) is 0 Å². The summed E-state index contributed by atoms with van der Waals surface area (Å²) < 4.78 is 6.45. The molecule has 4 atom stereocenters. The number of fused-ring (bicyclic) bond motifs is 1. The number of hydrogen-bond donors (Lipinski definition) is 2. The second-order valence-electron chi connectivity index (χ2n) is 12.6. The van der Waals surface area contributed by atoms with E-state index in [1.54, 1.807) is 0 Å². The quantitative estimate of drug-likeness (QED) is 0.123. The highest BCUT2D eigenvalue weighted by atomic mass is 32.2. The van der Waals surface area contributed by atoms with E-state index in [9.17, 15) is 24.6 Å². The average molecular weight is 650 g/mol. The molecule has 1 aromatic heterocycles. The molecule has 1 saturated heterocycles. The maximum atomic E-state index is 13.3. The number of carboxylic acid groups (broad SMARTS) is 1. The lowest BCUT2D eigenvalue weighted by Crippen LogP contribution is -2.62. The molecule has 1 aliphatic carbocycles. The number of benzene rings is 1. The molecule has 0 saturated carbocycles. The molecule has 0 spiro atoms. The lowest BCUT2D eigenvalue weighted by atomic mass is 9.73. The Hall–Kier alpha value is -3.30. The topological polar surface area (TPSA) is 104 Å². The smallest absolute Gasteiger partial charge is 0.352 e. The number of carbonyl (C=O) groups is 3. The number of Topliss-reactive ketones (excluding diaryl/α,β-unsaturated/α-hetero) is 1. The Morgan fingerprint density at radius 1 is 1.22 bits per heavy atom. The van der Waals surface area contributed by atoms with Gasteiger partial charge in [-0.05, 0) is 74.6 Å². The Bertz CT molecular complexity index is 1520. The third-order valence-corrected chi connectivity index (χ3v) is 11.4. The summed E-state index contributed by atoms with van der Waals surface area (Å²) in [4.78, 5) is 40.8. The highest BCUT2D eigenvalue weighted by molar-refractivity contribution is 8.00. The van der Waals surface area contributed by atoms with E-state index in [1.165, 1.54) is 33.6 Å². The number of nitrogens with zero attached hydrogens (tertiary/aromatic N) is 1. The van der Waals surface area contributed by atoms with Gasteiger partial charge in [0, 0.05) is 40.5 Å². The highest BCUT2D eigenvalue weighted by Gasteiger charge is 2.53. The number of thioether (sulfide) groups is 1. The summed E-state index contributed by atoms with van der Waals surface area (Å²) in [7, 11) is 0. The molecule has 1 aromatic carbocycles. The van der Waals surface area contributed by atoms with Crippen molar-refractivity contribution in [2.24, 2.45) is 11.8 Å². The zero-order chi connectivity index (χ0) is 32.2. The lowest BCUT2D eigenvalue weighted by molar-refractivity contribution is -0.154. The van der Waals surface area contributed by atoms with E-state index in [1.807, 2.05) is 36.6 Å². The molecule has 0 bridgehead atoms. The largest absolute Gasteiger partial charge is 0.507 e. The fraction of sp³-hybridized carbons (Fsp3) is 0.472. The number of rotatable bonds is 14. The van der Waals surface area contributed by atoms with Crippen LogP contribution in [0, 0.1) is 11.8 Å². The van der Waals surface area contributed by atoms with Crippen LogP contribution in [0.2, 0.25) is 0 Å². The van der Waals surface area contributed by atoms with Crippen LogP contribution >= 0.6 is 23.1 Å². The van der Waals surface area contributed by atoms with Crippen molar-refractivity contribution >= 4 is 40.8 Å². The van der Waals surface area contributed by atoms with E-state index in [4.69, 9.17) is 4.74 Å². The van der Waals surface area contributed by atoms with Crippen molar-refractivity contribution in [2.45, 2.75) is 83.4 Å². The summed E-state index contributed by atoms with van der Waals surface area (Å²) in [6.07, 6.45) is 8.45. The first-order chi connectivity index (χ1) is 21.6. The predicted octanol–water partition coefficient (Wildman–Crippen LogP) is 7.65. The molecule has 1 amide bonds. The zero-order valence-corrected chi connectivity index (χ0v) is 28.0. The fourth-order valence-electron chi connectivity index (χ4n) is 6.77. The lowest BCUT2D eigenvalue weighted by Gasteiger charge is -2.49. The minimum absolute atomic E-state index is 0.0164. The summed E-state index contributed by atoms with van der Waals surface area (Å²) in [5.41, 5.74) is 4.43. The van der Waals surface area contributed by atoms with Crippen molar-refractivity contribution < 1.29 is 29.3 Å². The van der Waals surface area contributed by atoms with Gasteiger partial charge in [-0.25, -0.2) is 4.79 Å². The molecule has 0 unspecified atom stereocenters. The number of ether oxygens (including phenoxy) is 1. The van der Waals surface area contributed by atoms with Crippen LogP contribution in [-0.4, -0.2) is 50.5 Å². The maximum Gasteiger partial charge on any atom is 0.352 e. The second kappa shape index (κ2) is 14.4. The van der Waals surface area contributed by atoms with Gasteiger partial charge in [-0.2, -0.15) is 0 Å². The molecule has 0 radical (unpaired) electrons. The first-order valence-electron chi connectivity index (χ1n) is 15.8. The SMILES string of the molecule is C=C(C)[C@@H]1CCC(C)=C[C@H]1c1c(O)cc(CCCCC)cc1OCC1=C(C(=O)O)N2C(=O)[C@@H](CC(=O)Cc3cccs3)[C@H]2SC1. The maximum absolute atomic E-state index is 13.3. The molecule has 240 valence electrons. The number of phenols is 1. The van der Waals surface area contributed by atoms with Crippen molar-refractivity contribution in [1.29, 1.82) is 0 Å².